The van der Waals surface area contributed by atoms with E-state index in [2.05, 4.69) is 28.4 Å². The van der Waals surface area contributed by atoms with E-state index >= 15 is 0 Å². The van der Waals surface area contributed by atoms with Crippen LogP contribution in [0.1, 0.15) is 67.4 Å². The first-order valence-corrected chi connectivity index (χ1v) is 13.3. The van der Waals surface area contributed by atoms with E-state index in [4.69, 9.17) is 4.74 Å². The Morgan fingerprint density at radius 2 is 1.64 bits per heavy atom. The summed E-state index contributed by atoms with van der Waals surface area (Å²) in [7, 11) is 1.37. The van der Waals surface area contributed by atoms with Gasteiger partial charge in [-0.15, -0.1) is 0 Å². The highest BCUT2D eigenvalue weighted by Crippen LogP contribution is 2.35. The second-order valence-corrected chi connectivity index (χ2v) is 9.83. The van der Waals surface area contributed by atoms with Gasteiger partial charge < -0.3 is 14.5 Å². The van der Waals surface area contributed by atoms with Crippen molar-refractivity contribution in [3.63, 3.8) is 0 Å². The molecule has 1 saturated carbocycles. The fraction of sp³-hybridized carbons (Fsp3) is 0.467. The Labute approximate surface area is 215 Å². The van der Waals surface area contributed by atoms with Crippen molar-refractivity contribution in [1.82, 2.24) is 9.80 Å². The summed E-state index contributed by atoms with van der Waals surface area (Å²) in [6.45, 7) is 8.79. The average molecular weight is 490 g/mol. The lowest BCUT2D eigenvalue weighted by molar-refractivity contribution is 0.0773. The number of ether oxygens (including phenoxy) is 1. The highest BCUT2D eigenvalue weighted by Gasteiger charge is 2.24. The molecule has 2 aliphatic rings. The zero-order valence-electron chi connectivity index (χ0n) is 21.9. The lowest BCUT2D eigenvalue weighted by Gasteiger charge is -2.36. The van der Waals surface area contributed by atoms with Crippen LogP contribution in [0.25, 0.3) is 5.57 Å². The summed E-state index contributed by atoms with van der Waals surface area (Å²) in [5, 5.41) is 2.79. The summed E-state index contributed by atoms with van der Waals surface area (Å²) >= 11 is 0. The number of carbonyl (C=O) groups excluding carboxylic acids is 2. The molecule has 2 aromatic rings. The molecule has 192 valence electrons. The Morgan fingerprint density at radius 1 is 0.972 bits per heavy atom. The zero-order chi connectivity index (χ0) is 25.5. The van der Waals surface area contributed by atoms with Crippen molar-refractivity contribution in [2.45, 2.75) is 46.0 Å². The fourth-order valence-electron chi connectivity index (χ4n) is 5.27. The number of hydrogen-bond donors (Lipinski definition) is 1. The Morgan fingerprint density at radius 3 is 2.22 bits per heavy atom. The number of carbonyl (C=O) groups is 2. The fourth-order valence-corrected chi connectivity index (χ4v) is 5.27. The van der Waals surface area contributed by atoms with E-state index in [1.54, 1.807) is 0 Å². The highest BCUT2D eigenvalue weighted by molar-refractivity contribution is 5.95. The Hall–Kier alpha value is -3.12. The van der Waals surface area contributed by atoms with Gasteiger partial charge >= 0.3 is 6.09 Å². The van der Waals surface area contributed by atoms with Gasteiger partial charge in [0.25, 0.3) is 5.91 Å². The number of piperidine rings is 1. The molecule has 0 unspecified atom stereocenters. The van der Waals surface area contributed by atoms with Gasteiger partial charge in [-0.1, -0.05) is 36.3 Å². The van der Waals surface area contributed by atoms with E-state index < -0.39 is 6.09 Å². The number of nitrogens with zero attached hydrogens (tertiary/aromatic N) is 2. The van der Waals surface area contributed by atoms with Crippen LogP contribution in [0, 0.1) is 5.92 Å². The number of anilines is 1. The monoisotopic (exact) mass is 489 g/mol. The van der Waals surface area contributed by atoms with Crippen molar-refractivity contribution in [1.29, 1.82) is 0 Å². The van der Waals surface area contributed by atoms with Gasteiger partial charge in [0.05, 0.1) is 7.11 Å². The maximum absolute atomic E-state index is 12.8. The normalized spacial score (nSPS) is 16.2. The number of rotatable bonds is 8. The van der Waals surface area contributed by atoms with Crippen molar-refractivity contribution in [3.05, 3.63) is 70.8 Å². The number of hydrogen-bond acceptors (Lipinski definition) is 4. The van der Waals surface area contributed by atoms with Gasteiger partial charge in [0, 0.05) is 44.0 Å². The molecule has 2 aromatic carbocycles. The molecule has 36 heavy (non-hydrogen) atoms. The third-order valence-electron chi connectivity index (χ3n) is 7.61. The number of methoxy groups -OCH3 is 1. The van der Waals surface area contributed by atoms with Crippen molar-refractivity contribution in [3.8, 4) is 0 Å². The first-order chi connectivity index (χ1) is 17.5. The Bertz CT molecular complexity index is 1070. The summed E-state index contributed by atoms with van der Waals surface area (Å²) in [5.41, 5.74) is 6.21. The van der Waals surface area contributed by atoms with Crippen LogP contribution in [0.4, 0.5) is 10.5 Å². The molecule has 2 amide bonds. The van der Waals surface area contributed by atoms with Gasteiger partial charge in [-0.2, -0.15) is 0 Å². The van der Waals surface area contributed by atoms with Crippen molar-refractivity contribution in [2.24, 2.45) is 5.92 Å². The smallest absolute Gasteiger partial charge is 0.411 e. The third-order valence-corrected chi connectivity index (χ3v) is 7.61. The quantitative estimate of drug-likeness (QED) is 0.491. The molecule has 1 saturated heterocycles. The molecule has 1 N–H and O–H groups in total. The van der Waals surface area contributed by atoms with Crippen molar-refractivity contribution in [2.75, 3.05) is 45.2 Å². The van der Waals surface area contributed by atoms with E-state index in [0.717, 1.165) is 43.0 Å². The van der Waals surface area contributed by atoms with Gasteiger partial charge in [-0.3, -0.25) is 10.1 Å². The summed E-state index contributed by atoms with van der Waals surface area (Å²) in [5.74, 6) is 0.946. The van der Waals surface area contributed by atoms with Crippen LogP contribution >= 0.6 is 0 Å². The lowest BCUT2D eigenvalue weighted by atomic mass is 9.84. The first-order valence-electron chi connectivity index (χ1n) is 13.3. The molecule has 1 aliphatic carbocycles. The molecule has 1 aliphatic heterocycles. The number of benzene rings is 2. The van der Waals surface area contributed by atoms with E-state index in [-0.39, 0.29) is 5.91 Å². The molecule has 0 aromatic heterocycles. The topological polar surface area (TPSA) is 61.9 Å². The molecule has 2 fully saturated rings. The van der Waals surface area contributed by atoms with E-state index in [1.165, 1.54) is 44.1 Å². The van der Waals surface area contributed by atoms with Crippen LogP contribution in [0.3, 0.4) is 0 Å². The predicted octanol–water partition coefficient (Wildman–Crippen LogP) is 6.04. The first kappa shape index (κ1) is 26.0. The van der Waals surface area contributed by atoms with Gasteiger partial charge in [0.15, 0.2) is 0 Å². The lowest BCUT2D eigenvalue weighted by Crippen LogP contribution is -2.37. The van der Waals surface area contributed by atoms with Gasteiger partial charge in [0.1, 0.15) is 0 Å². The maximum Gasteiger partial charge on any atom is 0.411 e. The molecule has 4 rings (SSSR count). The van der Waals surface area contributed by atoms with Crippen LogP contribution in [0.15, 0.2) is 54.1 Å². The molecule has 6 nitrogen and oxygen atoms in total. The second kappa shape index (κ2) is 12.2. The van der Waals surface area contributed by atoms with Crippen LogP contribution in [0.5, 0.6) is 0 Å². The van der Waals surface area contributed by atoms with Gasteiger partial charge in [-0.25, -0.2) is 4.79 Å². The van der Waals surface area contributed by atoms with E-state index in [9.17, 15) is 9.59 Å². The highest BCUT2D eigenvalue weighted by atomic mass is 16.5. The number of likely N-dealkylation sites (tertiary alicyclic amines) is 1. The second-order valence-electron chi connectivity index (χ2n) is 9.83. The largest absolute Gasteiger partial charge is 0.453 e. The summed E-state index contributed by atoms with van der Waals surface area (Å²) in [4.78, 5) is 29.1. The van der Waals surface area contributed by atoms with E-state index in [0.29, 0.717) is 24.3 Å². The minimum Gasteiger partial charge on any atom is -0.453 e. The molecule has 0 radical (unpaired) electrons. The van der Waals surface area contributed by atoms with Crippen LogP contribution < -0.4 is 5.32 Å². The van der Waals surface area contributed by atoms with Gasteiger partial charge in [0.2, 0.25) is 0 Å². The predicted molar refractivity (Wildman–Crippen MR) is 145 cm³/mol. The van der Waals surface area contributed by atoms with E-state index in [1.807, 2.05) is 49.1 Å². The number of amides is 2. The Kier molecular flexibility index (Phi) is 8.81. The molecular formula is C30H39N3O3. The standard InChI is InChI=1S/C30H39N3O3/c1-4-33(5-2)29(34)25-14-12-23(13-15-25)28(26-10-7-11-27(20-26)31-30(35)36-3)24-16-18-32(19-17-24)21-22-8-6-9-22/h7,10-15,20,22H,4-6,8-9,16-19,21H2,1-3H3,(H,31,35). The molecular weight excluding hydrogens is 450 g/mol. The SMILES string of the molecule is CCN(CC)C(=O)c1ccc(C(=C2CCN(CC3CCC3)CC2)c2cccc(NC(=O)OC)c2)cc1. The summed E-state index contributed by atoms with van der Waals surface area (Å²) in [6.07, 6.45) is 5.71. The molecule has 0 atom stereocenters. The average Bonchev–Trinajstić information content (AvgIpc) is 2.88. The Balaban J connectivity index is 1.64. The van der Waals surface area contributed by atoms with Crippen LogP contribution in [-0.2, 0) is 4.74 Å². The summed E-state index contributed by atoms with van der Waals surface area (Å²) < 4.78 is 4.78. The molecule has 0 spiro atoms. The van der Waals surface area contributed by atoms with Crippen molar-refractivity contribution < 1.29 is 14.3 Å². The summed E-state index contributed by atoms with van der Waals surface area (Å²) in [6, 6.07) is 16.0. The zero-order valence-corrected chi connectivity index (χ0v) is 21.9. The van der Waals surface area contributed by atoms with Gasteiger partial charge in [-0.05, 0) is 86.4 Å². The molecule has 1 heterocycles. The molecule has 0 bridgehead atoms. The minimum atomic E-state index is -0.482. The van der Waals surface area contributed by atoms with Crippen molar-refractivity contribution >= 4 is 23.3 Å². The van der Waals surface area contributed by atoms with Crippen LogP contribution in [-0.4, -0.2) is 61.6 Å². The third kappa shape index (κ3) is 6.16. The maximum atomic E-state index is 12.8. The minimum absolute atomic E-state index is 0.0642. The number of nitrogens with one attached hydrogen (secondary N) is 1. The molecule has 6 heteroatoms. The van der Waals surface area contributed by atoms with Crippen LogP contribution in [0.2, 0.25) is 0 Å².